The van der Waals surface area contributed by atoms with Gasteiger partial charge in [-0.05, 0) is 42.0 Å². The lowest BCUT2D eigenvalue weighted by Crippen LogP contribution is -2.12. The Bertz CT molecular complexity index is 397. The Morgan fingerprint density at radius 1 is 1.28 bits per heavy atom. The van der Waals surface area contributed by atoms with Gasteiger partial charge in [-0.15, -0.1) is 0 Å². The van der Waals surface area contributed by atoms with Crippen molar-refractivity contribution in [1.82, 2.24) is 0 Å². The standard InChI is InChI=1S/C15H22O3/c1-5-12-9-14(18-10-15(16)17-4)7-6-13(12)8-11(2)3/h6-7,9,11H,5,8,10H2,1-4H3. The van der Waals surface area contributed by atoms with Gasteiger partial charge in [-0.3, -0.25) is 0 Å². The Morgan fingerprint density at radius 3 is 2.56 bits per heavy atom. The van der Waals surface area contributed by atoms with Crippen LogP contribution in [0.1, 0.15) is 31.9 Å². The van der Waals surface area contributed by atoms with Gasteiger partial charge >= 0.3 is 5.97 Å². The molecule has 0 aliphatic carbocycles. The molecule has 0 aliphatic rings. The van der Waals surface area contributed by atoms with Crippen molar-refractivity contribution in [2.75, 3.05) is 13.7 Å². The lowest BCUT2D eigenvalue weighted by atomic mass is 9.96. The highest BCUT2D eigenvalue weighted by molar-refractivity contribution is 5.70. The van der Waals surface area contributed by atoms with Crippen LogP contribution in [0.25, 0.3) is 0 Å². The topological polar surface area (TPSA) is 35.5 Å². The number of hydrogen-bond acceptors (Lipinski definition) is 3. The number of hydrogen-bond donors (Lipinski definition) is 0. The van der Waals surface area contributed by atoms with E-state index < -0.39 is 0 Å². The fraction of sp³-hybridized carbons (Fsp3) is 0.533. The van der Waals surface area contributed by atoms with Crippen LogP contribution in [0.3, 0.4) is 0 Å². The Hall–Kier alpha value is -1.51. The molecule has 18 heavy (non-hydrogen) atoms. The quantitative estimate of drug-likeness (QED) is 0.728. The molecule has 0 heterocycles. The van der Waals surface area contributed by atoms with Crippen LogP contribution in [0.5, 0.6) is 5.75 Å². The van der Waals surface area contributed by atoms with Gasteiger partial charge < -0.3 is 9.47 Å². The summed E-state index contributed by atoms with van der Waals surface area (Å²) in [5, 5.41) is 0. The van der Waals surface area contributed by atoms with E-state index in [-0.39, 0.29) is 12.6 Å². The summed E-state index contributed by atoms with van der Waals surface area (Å²) in [5.41, 5.74) is 2.64. The molecule has 0 saturated heterocycles. The Balaban J connectivity index is 2.75. The van der Waals surface area contributed by atoms with E-state index in [0.29, 0.717) is 5.92 Å². The Kier molecular flexibility index (Phi) is 5.69. The van der Waals surface area contributed by atoms with Crippen LogP contribution in [0.4, 0.5) is 0 Å². The van der Waals surface area contributed by atoms with Crippen LogP contribution >= 0.6 is 0 Å². The minimum absolute atomic E-state index is 0.0385. The molecule has 0 unspecified atom stereocenters. The van der Waals surface area contributed by atoms with Crippen molar-refractivity contribution in [3.05, 3.63) is 29.3 Å². The second kappa shape index (κ2) is 7.04. The summed E-state index contributed by atoms with van der Waals surface area (Å²) in [5.74, 6) is 1.00. The zero-order valence-corrected chi connectivity index (χ0v) is 11.7. The van der Waals surface area contributed by atoms with E-state index in [9.17, 15) is 4.79 Å². The van der Waals surface area contributed by atoms with Gasteiger partial charge in [-0.25, -0.2) is 4.79 Å². The van der Waals surface area contributed by atoms with Gasteiger partial charge in [0.25, 0.3) is 0 Å². The monoisotopic (exact) mass is 250 g/mol. The van der Waals surface area contributed by atoms with E-state index >= 15 is 0 Å². The van der Waals surface area contributed by atoms with Crippen LogP contribution in [0.2, 0.25) is 0 Å². The van der Waals surface area contributed by atoms with Crippen LogP contribution < -0.4 is 4.74 Å². The molecule has 100 valence electrons. The number of carbonyl (C=O) groups excluding carboxylic acids is 1. The third-order valence-electron chi connectivity index (χ3n) is 2.77. The highest BCUT2D eigenvalue weighted by atomic mass is 16.6. The van der Waals surface area contributed by atoms with E-state index in [0.717, 1.165) is 18.6 Å². The van der Waals surface area contributed by atoms with Gasteiger partial charge in [0.2, 0.25) is 0 Å². The molecule has 0 saturated carbocycles. The van der Waals surface area contributed by atoms with Crippen molar-refractivity contribution < 1.29 is 14.3 Å². The number of rotatable bonds is 6. The number of carbonyl (C=O) groups is 1. The first-order valence-corrected chi connectivity index (χ1v) is 6.38. The van der Waals surface area contributed by atoms with E-state index in [4.69, 9.17) is 4.74 Å². The van der Waals surface area contributed by atoms with Gasteiger partial charge in [0.05, 0.1) is 7.11 Å². The van der Waals surface area contributed by atoms with Crippen LogP contribution in [0.15, 0.2) is 18.2 Å². The van der Waals surface area contributed by atoms with E-state index in [1.54, 1.807) is 0 Å². The maximum atomic E-state index is 11.0. The highest BCUT2D eigenvalue weighted by Crippen LogP contribution is 2.21. The third kappa shape index (κ3) is 4.40. The van der Waals surface area contributed by atoms with E-state index in [2.05, 4.69) is 31.6 Å². The average molecular weight is 250 g/mol. The molecule has 0 N–H and O–H groups in total. The predicted octanol–water partition coefficient (Wildman–Crippen LogP) is 3.00. The molecular weight excluding hydrogens is 228 g/mol. The van der Waals surface area contributed by atoms with Crippen molar-refractivity contribution in [3.8, 4) is 5.75 Å². The first-order valence-electron chi connectivity index (χ1n) is 6.38. The summed E-state index contributed by atoms with van der Waals surface area (Å²) >= 11 is 0. The second-order valence-electron chi connectivity index (χ2n) is 4.75. The molecule has 0 spiro atoms. The Morgan fingerprint density at radius 2 is 2.00 bits per heavy atom. The van der Waals surface area contributed by atoms with Crippen LogP contribution in [0, 0.1) is 5.92 Å². The molecule has 0 fully saturated rings. The zero-order valence-electron chi connectivity index (χ0n) is 11.7. The van der Waals surface area contributed by atoms with Gasteiger partial charge in [-0.1, -0.05) is 26.8 Å². The molecule has 0 aromatic heterocycles. The Labute approximate surface area is 109 Å². The summed E-state index contributed by atoms with van der Waals surface area (Å²) in [6.07, 6.45) is 2.04. The average Bonchev–Trinajstić information content (AvgIpc) is 2.36. The van der Waals surface area contributed by atoms with Gasteiger partial charge in [0, 0.05) is 0 Å². The number of ether oxygens (including phenoxy) is 2. The molecule has 1 rings (SSSR count). The fourth-order valence-electron chi connectivity index (χ4n) is 1.86. The van der Waals surface area contributed by atoms with Crippen LogP contribution in [-0.4, -0.2) is 19.7 Å². The highest BCUT2D eigenvalue weighted by Gasteiger charge is 2.07. The fourth-order valence-corrected chi connectivity index (χ4v) is 1.86. The molecule has 0 aliphatic heterocycles. The maximum absolute atomic E-state index is 11.0. The smallest absolute Gasteiger partial charge is 0.343 e. The van der Waals surface area contributed by atoms with Crippen molar-refractivity contribution >= 4 is 5.97 Å². The van der Waals surface area contributed by atoms with Crippen molar-refractivity contribution in [2.24, 2.45) is 5.92 Å². The zero-order chi connectivity index (χ0) is 13.5. The molecule has 0 radical (unpaired) electrons. The molecule has 1 aromatic rings. The predicted molar refractivity (Wildman–Crippen MR) is 71.9 cm³/mol. The van der Waals surface area contributed by atoms with Crippen molar-refractivity contribution in [1.29, 1.82) is 0 Å². The minimum Gasteiger partial charge on any atom is -0.482 e. The van der Waals surface area contributed by atoms with E-state index in [1.165, 1.54) is 18.2 Å². The van der Waals surface area contributed by atoms with Crippen molar-refractivity contribution in [3.63, 3.8) is 0 Å². The van der Waals surface area contributed by atoms with Gasteiger partial charge in [0.1, 0.15) is 5.75 Å². The maximum Gasteiger partial charge on any atom is 0.343 e. The summed E-state index contributed by atoms with van der Waals surface area (Å²) in [4.78, 5) is 11.0. The molecule has 0 bridgehead atoms. The minimum atomic E-state index is -0.362. The molecule has 3 nitrogen and oxygen atoms in total. The molecular formula is C15H22O3. The molecule has 3 heteroatoms. The second-order valence-corrected chi connectivity index (χ2v) is 4.75. The number of esters is 1. The van der Waals surface area contributed by atoms with Gasteiger partial charge in [-0.2, -0.15) is 0 Å². The summed E-state index contributed by atoms with van der Waals surface area (Å²) < 4.78 is 9.93. The third-order valence-corrected chi connectivity index (χ3v) is 2.77. The SMILES string of the molecule is CCc1cc(OCC(=O)OC)ccc1CC(C)C. The lowest BCUT2D eigenvalue weighted by molar-refractivity contribution is -0.142. The van der Waals surface area contributed by atoms with Crippen molar-refractivity contribution in [2.45, 2.75) is 33.6 Å². The summed E-state index contributed by atoms with van der Waals surface area (Å²) in [6.45, 7) is 6.51. The summed E-state index contributed by atoms with van der Waals surface area (Å²) in [7, 11) is 1.36. The van der Waals surface area contributed by atoms with Crippen LogP contribution in [-0.2, 0) is 22.4 Å². The largest absolute Gasteiger partial charge is 0.482 e. The number of methoxy groups -OCH3 is 1. The van der Waals surface area contributed by atoms with E-state index in [1.807, 2.05) is 12.1 Å². The lowest BCUT2D eigenvalue weighted by Gasteiger charge is -2.12. The van der Waals surface area contributed by atoms with Gasteiger partial charge in [0.15, 0.2) is 6.61 Å². The molecule has 0 amide bonds. The molecule has 0 atom stereocenters. The first kappa shape index (κ1) is 14.6. The number of benzene rings is 1. The normalized spacial score (nSPS) is 10.5. The first-order chi connectivity index (χ1) is 8.56. The number of aryl methyl sites for hydroxylation is 1. The summed E-state index contributed by atoms with van der Waals surface area (Å²) in [6, 6.07) is 6.02. The molecule has 1 aromatic carbocycles.